The number of amides is 1. The van der Waals surface area contributed by atoms with Crippen LogP contribution in [0.25, 0.3) is 11.1 Å². The monoisotopic (exact) mass is 645 g/mol. The number of carbonyl (C=O) groups excluding carboxylic acids is 1. The molecule has 1 amide bonds. The lowest BCUT2D eigenvalue weighted by molar-refractivity contribution is 0.0636. The standard InChI is InChI=1S/C30H37Cl2N5O5Si/c1-30(2,3)42-28(38)35-21-9-7-8-19(14-21)10-11-20-15-22(34-26-23(31)17-33-27(32)36-26)16-24-25(20)41-29(39)37(24)18-40-12-13-43(4,5)6/h7-9,14-17H,10-13,18H2,1-6H3,(H,35,38)(H,33,34,36). The minimum absolute atomic E-state index is 0.0455. The van der Waals surface area contributed by atoms with Gasteiger partial charge in [-0.05, 0) is 86.7 Å². The Morgan fingerprint density at radius 1 is 1.09 bits per heavy atom. The summed E-state index contributed by atoms with van der Waals surface area (Å²) in [4.78, 5) is 33.3. The van der Waals surface area contributed by atoms with Crippen molar-refractivity contribution in [3.63, 3.8) is 0 Å². The molecule has 0 fully saturated rings. The smallest absolute Gasteiger partial charge is 0.421 e. The molecule has 2 heterocycles. The molecule has 13 heteroatoms. The van der Waals surface area contributed by atoms with Crippen molar-refractivity contribution < 1.29 is 18.7 Å². The fraction of sp³-hybridized carbons (Fsp3) is 0.400. The Morgan fingerprint density at radius 3 is 2.58 bits per heavy atom. The van der Waals surface area contributed by atoms with Gasteiger partial charge < -0.3 is 19.2 Å². The number of hydrogen-bond acceptors (Lipinski definition) is 8. The van der Waals surface area contributed by atoms with Crippen LogP contribution in [-0.4, -0.2) is 40.9 Å². The number of anilines is 3. The van der Waals surface area contributed by atoms with Crippen LogP contribution in [0, 0.1) is 0 Å². The molecule has 0 spiro atoms. The van der Waals surface area contributed by atoms with Gasteiger partial charge in [0.15, 0.2) is 11.4 Å². The number of carbonyl (C=O) groups is 1. The Bertz CT molecular complexity index is 1660. The highest BCUT2D eigenvalue weighted by Crippen LogP contribution is 2.30. The minimum Gasteiger partial charge on any atom is -0.444 e. The Hall–Kier alpha value is -3.38. The van der Waals surface area contributed by atoms with E-state index in [1.54, 1.807) is 12.1 Å². The molecule has 0 aliphatic carbocycles. The number of hydrogen-bond donors (Lipinski definition) is 2. The van der Waals surface area contributed by atoms with E-state index in [0.717, 1.165) is 17.2 Å². The molecule has 0 bridgehead atoms. The molecule has 2 aromatic heterocycles. The first-order chi connectivity index (χ1) is 20.2. The molecule has 10 nitrogen and oxygen atoms in total. The zero-order chi connectivity index (χ0) is 31.4. The normalized spacial score (nSPS) is 12.0. The number of aromatic nitrogens is 3. The molecule has 0 saturated heterocycles. The maximum absolute atomic E-state index is 13.0. The summed E-state index contributed by atoms with van der Waals surface area (Å²) in [5.74, 6) is -0.176. The molecule has 0 saturated carbocycles. The lowest BCUT2D eigenvalue weighted by atomic mass is 10.0. The van der Waals surface area contributed by atoms with Gasteiger partial charge in [0.25, 0.3) is 0 Å². The van der Waals surface area contributed by atoms with E-state index in [4.69, 9.17) is 37.1 Å². The molecule has 2 aromatic carbocycles. The van der Waals surface area contributed by atoms with Gasteiger partial charge in [0.2, 0.25) is 5.28 Å². The van der Waals surface area contributed by atoms with Crippen molar-refractivity contribution >= 4 is 65.7 Å². The zero-order valence-corrected chi connectivity index (χ0v) is 27.7. The summed E-state index contributed by atoms with van der Waals surface area (Å²) in [7, 11) is -1.30. The molecular weight excluding hydrogens is 609 g/mol. The van der Waals surface area contributed by atoms with Gasteiger partial charge in [0.1, 0.15) is 17.4 Å². The van der Waals surface area contributed by atoms with Crippen molar-refractivity contribution in [2.24, 2.45) is 0 Å². The van der Waals surface area contributed by atoms with Crippen LogP contribution in [0.5, 0.6) is 0 Å². The number of rotatable bonds is 11. The van der Waals surface area contributed by atoms with E-state index in [1.165, 1.54) is 10.8 Å². The molecule has 4 rings (SSSR count). The number of benzene rings is 2. The summed E-state index contributed by atoms with van der Waals surface area (Å²) in [6.07, 6.45) is 2.02. The van der Waals surface area contributed by atoms with Crippen LogP contribution < -0.4 is 16.4 Å². The number of ether oxygens (including phenoxy) is 2. The molecule has 0 aliphatic heterocycles. The fourth-order valence-electron chi connectivity index (χ4n) is 4.22. The third kappa shape index (κ3) is 9.55. The van der Waals surface area contributed by atoms with E-state index in [0.29, 0.717) is 52.8 Å². The quantitative estimate of drug-likeness (QED) is 0.0960. The first kappa shape index (κ1) is 32.5. The fourth-order valence-corrected chi connectivity index (χ4v) is 5.25. The van der Waals surface area contributed by atoms with Gasteiger partial charge in [-0.1, -0.05) is 43.4 Å². The first-order valence-corrected chi connectivity index (χ1v) is 18.4. The summed E-state index contributed by atoms with van der Waals surface area (Å²) in [5.41, 5.74) is 3.47. The SMILES string of the molecule is CC(C)(C)OC(=O)Nc1cccc(CCc2cc(Nc3nc(Cl)ncc3Cl)cc3c2oc(=O)n3COCC[Si](C)(C)C)c1. The van der Waals surface area contributed by atoms with Crippen LogP contribution in [0.4, 0.5) is 22.0 Å². The van der Waals surface area contributed by atoms with Gasteiger partial charge in [-0.3, -0.25) is 5.32 Å². The molecule has 0 aliphatic rings. The lowest BCUT2D eigenvalue weighted by Gasteiger charge is -2.19. The summed E-state index contributed by atoms with van der Waals surface area (Å²) < 4.78 is 18.5. The van der Waals surface area contributed by atoms with Crippen molar-refractivity contribution in [2.45, 2.75) is 71.6 Å². The zero-order valence-electron chi connectivity index (χ0n) is 25.2. The van der Waals surface area contributed by atoms with Crippen LogP contribution in [0.15, 0.2) is 51.8 Å². The number of oxazole rings is 1. The molecule has 0 radical (unpaired) electrons. The Labute approximate surface area is 261 Å². The summed E-state index contributed by atoms with van der Waals surface area (Å²) >= 11 is 12.3. The van der Waals surface area contributed by atoms with Crippen molar-refractivity contribution in [3.8, 4) is 0 Å². The highest BCUT2D eigenvalue weighted by molar-refractivity contribution is 6.76. The number of aryl methyl sites for hydroxylation is 2. The second-order valence-electron chi connectivity index (χ2n) is 12.4. The Kier molecular flexibility index (Phi) is 10.2. The first-order valence-electron chi connectivity index (χ1n) is 13.9. The third-order valence-electron chi connectivity index (χ3n) is 6.30. The molecule has 230 valence electrons. The average Bonchev–Trinajstić information content (AvgIpc) is 3.20. The molecule has 4 aromatic rings. The van der Waals surface area contributed by atoms with Gasteiger partial charge in [-0.25, -0.2) is 19.1 Å². The van der Waals surface area contributed by atoms with Crippen molar-refractivity contribution in [1.29, 1.82) is 0 Å². The third-order valence-corrected chi connectivity index (χ3v) is 8.46. The van der Waals surface area contributed by atoms with E-state index in [1.807, 2.05) is 45.0 Å². The van der Waals surface area contributed by atoms with Crippen LogP contribution in [-0.2, 0) is 29.0 Å². The molecule has 43 heavy (non-hydrogen) atoms. The van der Waals surface area contributed by atoms with E-state index in [9.17, 15) is 9.59 Å². The van der Waals surface area contributed by atoms with Crippen molar-refractivity contribution in [3.05, 3.63) is 74.6 Å². The summed E-state index contributed by atoms with van der Waals surface area (Å²) in [6, 6.07) is 12.2. The number of nitrogens with zero attached hydrogens (tertiary/aromatic N) is 3. The highest BCUT2D eigenvalue weighted by atomic mass is 35.5. The van der Waals surface area contributed by atoms with E-state index < -0.39 is 25.5 Å². The topological polar surface area (TPSA) is 121 Å². The summed E-state index contributed by atoms with van der Waals surface area (Å²) in [5, 5.41) is 6.31. The van der Waals surface area contributed by atoms with Gasteiger partial charge in [0.05, 0.1) is 11.7 Å². The van der Waals surface area contributed by atoms with E-state index >= 15 is 0 Å². The molecule has 0 unspecified atom stereocenters. The second kappa shape index (κ2) is 13.5. The van der Waals surface area contributed by atoms with Gasteiger partial charge in [-0.15, -0.1) is 0 Å². The van der Waals surface area contributed by atoms with Crippen LogP contribution in [0.3, 0.4) is 0 Å². The number of nitrogens with one attached hydrogen (secondary N) is 2. The van der Waals surface area contributed by atoms with Crippen LogP contribution in [0.1, 0.15) is 31.9 Å². The largest absolute Gasteiger partial charge is 0.444 e. The number of fused-ring (bicyclic) bond motifs is 1. The van der Waals surface area contributed by atoms with Crippen molar-refractivity contribution in [2.75, 3.05) is 17.2 Å². The molecular formula is C30H37Cl2N5O5Si. The van der Waals surface area contributed by atoms with E-state index in [2.05, 4.69) is 40.2 Å². The highest BCUT2D eigenvalue weighted by Gasteiger charge is 2.19. The predicted molar refractivity (Wildman–Crippen MR) is 174 cm³/mol. The Balaban J connectivity index is 1.62. The minimum atomic E-state index is -1.30. The van der Waals surface area contributed by atoms with Crippen molar-refractivity contribution in [1.82, 2.24) is 14.5 Å². The number of halogens is 2. The van der Waals surface area contributed by atoms with Gasteiger partial charge >= 0.3 is 11.8 Å². The lowest BCUT2D eigenvalue weighted by Crippen LogP contribution is -2.27. The summed E-state index contributed by atoms with van der Waals surface area (Å²) in [6.45, 7) is 12.9. The van der Waals surface area contributed by atoms with Crippen LogP contribution in [0.2, 0.25) is 36.0 Å². The van der Waals surface area contributed by atoms with Crippen LogP contribution >= 0.6 is 23.2 Å². The molecule has 0 atom stereocenters. The average molecular weight is 647 g/mol. The maximum atomic E-state index is 13.0. The van der Waals surface area contributed by atoms with Gasteiger partial charge in [-0.2, -0.15) is 4.98 Å². The van der Waals surface area contributed by atoms with E-state index in [-0.39, 0.29) is 12.0 Å². The predicted octanol–water partition coefficient (Wildman–Crippen LogP) is 7.88. The second-order valence-corrected chi connectivity index (χ2v) is 18.8. The van der Waals surface area contributed by atoms with Gasteiger partial charge in [0, 0.05) is 26.1 Å². The maximum Gasteiger partial charge on any atom is 0.421 e. The molecule has 2 N–H and O–H groups in total. The Morgan fingerprint density at radius 2 is 1.86 bits per heavy atom.